The van der Waals surface area contributed by atoms with Gasteiger partial charge in [0.2, 0.25) is 5.91 Å². The van der Waals surface area contributed by atoms with E-state index in [0.717, 1.165) is 57.8 Å². The number of hydrogen-bond donors (Lipinski definition) is 1. The quantitative estimate of drug-likeness (QED) is 0.877. The molecule has 3 rings (SSSR count). The highest BCUT2D eigenvalue weighted by molar-refractivity contribution is 5.85. The van der Waals surface area contributed by atoms with E-state index >= 15 is 0 Å². The van der Waals surface area contributed by atoms with Crippen molar-refractivity contribution in [1.82, 2.24) is 24.9 Å². The molecule has 6 nitrogen and oxygen atoms in total. The second kappa shape index (κ2) is 8.52. The standard InChI is InChI=1S/C18H31N5O.ClH/c1-13-11-16(5-6-19-13)18(24)23-9-7-22(8-10-23)12-17-14(2)20-21(4)15(17)3;/h13,16,19H,5-12H2,1-4H3;1H/t13-,16-;/m0./s1. The molecule has 0 unspecified atom stereocenters. The summed E-state index contributed by atoms with van der Waals surface area (Å²) in [6, 6.07) is 0.463. The Hall–Kier alpha value is -1.11. The predicted molar refractivity (Wildman–Crippen MR) is 102 cm³/mol. The third-order valence-electron chi connectivity index (χ3n) is 5.70. The van der Waals surface area contributed by atoms with Crippen LogP contribution in [0.5, 0.6) is 0 Å². The van der Waals surface area contributed by atoms with E-state index in [-0.39, 0.29) is 18.3 Å². The lowest BCUT2D eigenvalue weighted by molar-refractivity contribution is -0.138. The smallest absolute Gasteiger partial charge is 0.225 e. The molecule has 25 heavy (non-hydrogen) atoms. The number of nitrogens with one attached hydrogen (secondary N) is 1. The number of rotatable bonds is 3. The van der Waals surface area contributed by atoms with Gasteiger partial charge in [-0.2, -0.15) is 5.10 Å². The molecule has 1 N–H and O–H groups in total. The van der Waals surface area contributed by atoms with E-state index in [4.69, 9.17) is 0 Å². The molecule has 0 spiro atoms. The number of nitrogens with zero attached hydrogens (tertiary/aromatic N) is 4. The Labute approximate surface area is 157 Å². The first-order valence-electron chi connectivity index (χ1n) is 9.19. The van der Waals surface area contributed by atoms with Crippen LogP contribution >= 0.6 is 12.4 Å². The summed E-state index contributed by atoms with van der Waals surface area (Å²) < 4.78 is 1.96. The van der Waals surface area contributed by atoms with Crippen LogP contribution in [0.2, 0.25) is 0 Å². The minimum atomic E-state index is 0. The zero-order valence-corrected chi connectivity index (χ0v) is 16.7. The van der Waals surface area contributed by atoms with Crippen LogP contribution in [0.4, 0.5) is 0 Å². The van der Waals surface area contributed by atoms with Crippen molar-refractivity contribution in [2.75, 3.05) is 32.7 Å². The van der Waals surface area contributed by atoms with Crippen molar-refractivity contribution >= 4 is 18.3 Å². The monoisotopic (exact) mass is 369 g/mol. The largest absolute Gasteiger partial charge is 0.340 e. The van der Waals surface area contributed by atoms with E-state index in [1.807, 2.05) is 11.7 Å². The SMILES string of the molecule is Cc1nn(C)c(C)c1CN1CCN(C(=O)[C@H]2CCN[C@@H](C)C2)CC1.Cl. The molecule has 0 aromatic carbocycles. The fraction of sp³-hybridized carbons (Fsp3) is 0.778. The average molecular weight is 370 g/mol. The molecule has 1 amide bonds. The third kappa shape index (κ3) is 4.54. The van der Waals surface area contributed by atoms with E-state index in [1.165, 1.54) is 11.3 Å². The minimum Gasteiger partial charge on any atom is -0.340 e. The fourth-order valence-corrected chi connectivity index (χ4v) is 4.01. The summed E-state index contributed by atoms with van der Waals surface area (Å²) in [6.07, 6.45) is 1.96. The van der Waals surface area contributed by atoms with Crippen molar-refractivity contribution in [2.45, 2.75) is 46.2 Å². The highest BCUT2D eigenvalue weighted by atomic mass is 35.5. The first kappa shape index (κ1) is 20.2. The maximum Gasteiger partial charge on any atom is 0.225 e. The summed E-state index contributed by atoms with van der Waals surface area (Å²) in [5, 5.41) is 7.94. The number of aromatic nitrogens is 2. The highest BCUT2D eigenvalue weighted by Crippen LogP contribution is 2.21. The zero-order chi connectivity index (χ0) is 17.3. The number of aryl methyl sites for hydroxylation is 2. The van der Waals surface area contributed by atoms with Crippen LogP contribution in [0, 0.1) is 19.8 Å². The summed E-state index contributed by atoms with van der Waals surface area (Å²) in [5.41, 5.74) is 3.70. The fourth-order valence-electron chi connectivity index (χ4n) is 4.01. The molecule has 2 saturated heterocycles. The number of halogens is 1. The molecule has 2 atom stereocenters. The molecule has 0 saturated carbocycles. The summed E-state index contributed by atoms with van der Waals surface area (Å²) in [4.78, 5) is 17.3. The predicted octanol–water partition coefficient (Wildman–Crippen LogP) is 1.49. The Balaban J connectivity index is 0.00000225. The van der Waals surface area contributed by atoms with Gasteiger partial charge in [-0.3, -0.25) is 14.4 Å². The van der Waals surface area contributed by atoms with Crippen LogP contribution in [0.15, 0.2) is 0 Å². The van der Waals surface area contributed by atoms with Crippen molar-refractivity contribution in [3.05, 3.63) is 17.0 Å². The van der Waals surface area contributed by atoms with Gasteiger partial charge in [-0.25, -0.2) is 0 Å². The second-order valence-corrected chi connectivity index (χ2v) is 7.45. The maximum atomic E-state index is 12.7. The lowest BCUT2D eigenvalue weighted by Crippen LogP contribution is -2.51. The molecular formula is C18H32ClN5O. The molecule has 0 bridgehead atoms. The zero-order valence-electron chi connectivity index (χ0n) is 15.9. The normalized spacial score (nSPS) is 24.9. The summed E-state index contributed by atoms with van der Waals surface area (Å²) >= 11 is 0. The highest BCUT2D eigenvalue weighted by Gasteiger charge is 2.30. The molecule has 2 aliphatic heterocycles. The van der Waals surface area contributed by atoms with Gasteiger partial charge in [0.25, 0.3) is 0 Å². The van der Waals surface area contributed by atoms with Crippen molar-refractivity contribution in [1.29, 1.82) is 0 Å². The second-order valence-electron chi connectivity index (χ2n) is 7.45. The molecule has 3 heterocycles. The molecule has 142 valence electrons. The molecule has 0 radical (unpaired) electrons. The molecule has 7 heteroatoms. The van der Waals surface area contributed by atoms with Gasteiger partial charge in [-0.1, -0.05) is 0 Å². The van der Waals surface area contributed by atoms with Gasteiger partial charge in [-0.15, -0.1) is 12.4 Å². The van der Waals surface area contributed by atoms with Gasteiger partial charge in [0.1, 0.15) is 0 Å². The van der Waals surface area contributed by atoms with E-state index in [2.05, 4.69) is 41.0 Å². The number of carbonyl (C=O) groups is 1. The Kier molecular flexibility index (Phi) is 6.88. The van der Waals surface area contributed by atoms with Gasteiger partial charge in [0.05, 0.1) is 5.69 Å². The van der Waals surface area contributed by atoms with E-state index in [1.54, 1.807) is 0 Å². The van der Waals surface area contributed by atoms with Crippen molar-refractivity contribution < 1.29 is 4.79 Å². The van der Waals surface area contributed by atoms with E-state index < -0.39 is 0 Å². The third-order valence-corrected chi connectivity index (χ3v) is 5.70. The number of amides is 1. The topological polar surface area (TPSA) is 53.4 Å². The lowest BCUT2D eigenvalue weighted by atomic mass is 9.92. The Morgan fingerprint density at radius 2 is 1.92 bits per heavy atom. The van der Waals surface area contributed by atoms with Crippen LogP contribution in [0.25, 0.3) is 0 Å². The summed E-state index contributed by atoms with van der Waals surface area (Å²) in [6.45, 7) is 11.9. The Morgan fingerprint density at radius 1 is 1.24 bits per heavy atom. The molecule has 1 aromatic rings. The first-order valence-corrected chi connectivity index (χ1v) is 9.19. The molecule has 1 aromatic heterocycles. The first-order chi connectivity index (χ1) is 11.5. The van der Waals surface area contributed by atoms with Crippen LogP contribution < -0.4 is 5.32 Å². The van der Waals surface area contributed by atoms with Gasteiger partial charge in [-0.05, 0) is 40.2 Å². The Morgan fingerprint density at radius 3 is 2.48 bits per heavy atom. The van der Waals surface area contributed by atoms with Gasteiger partial charge in [0.15, 0.2) is 0 Å². The van der Waals surface area contributed by atoms with Gasteiger partial charge < -0.3 is 10.2 Å². The number of carbonyl (C=O) groups excluding carboxylic acids is 1. The minimum absolute atomic E-state index is 0. The number of piperidine rings is 1. The molecule has 2 aliphatic rings. The van der Waals surface area contributed by atoms with Crippen LogP contribution in [-0.2, 0) is 18.4 Å². The van der Waals surface area contributed by atoms with E-state index in [0.29, 0.717) is 11.9 Å². The van der Waals surface area contributed by atoms with Crippen molar-refractivity contribution in [3.63, 3.8) is 0 Å². The Bertz CT molecular complexity index is 595. The number of piperazine rings is 1. The maximum absolute atomic E-state index is 12.7. The van der Waals surface area contributed by atoms with Crippen molar-refractivity contribution in [3.8, 4) is 0 Å². The molecular weight excluding hydrogens is 338 g/mol. The van der Waals surface area contributed by atoms with Gasteiger partial charge >= 0.3 is 0 Å². The lowest BCUT2D eigenvalue weighted by Gasteiger charge is -2.38. The molecule has 0 aliphatic carbocycles. The average Bonchev–Trinajstić information content (AvgIpc) is 2.81. The van der Waals surface area contributed by atoms with Crippen LogP contribution in [0.1, 0.15) is 36.7 Å². The van der Waals surface area contributed by atoms with E-state index in [9.17, 15) is 4.79 Å². The van der Waals surface area contributed by atoms with Crippen LogP contribution in [0.3, 0.4) is 0 Å². The van der Waals surface area contributed by atoms with Gasteiger partial charge in [0, 0.05) is 63.0 Å². The number of hydrogen-bond acceptors (Lipinski definition) is 4. The van der Waals surface area contributed by atoms with Crippen molar-refractivity contribution in [2.24, 2.45) is 13.0 Å². The summed E-state index contributed by atoms with van der Waals surface area (Å²) in [7, 11) is 2.00. The summed E-state index contributed by atoms with van der Waals surface area (Å²) in [5.74, 6) is 0.590. The molecule has 2 fully saturated rings. The van der Waals surface area contributed by atoms with Crippen LogP contribution in [-0.4, -0.2) is 64.3 Å².